The molecule has 1 aromatic heterocycles. The van der Waals surface area contributed by atoms with Crippen molar-refractivity contribution < 1.29 is 14.3 Å². The zero-order chi connectivity index (χ0) is 19.0. The third kappa shape index (κ3) is 3.47. The van der Waals surface area contributed by atoms with Gasteiger partial charge in [0.2, 0.25) is 0 Å². The smallest absolute Gasteiger partial charge is 0.269 e. The first-order chi connectivity index (χ1) is 13.0. The zero-order valence-corrected chi connectivity index (χ0v) is 15.6. The second-order valence-corrected chi connectivity index (χ2v) is 7.43. The molecule has 4 rings (SSSR count). The molecule has 27 heavy (non-hydrogen) atoms. The number of amides is 2. The monoisotopic (exact) mass is 368 g/mol. The standard InChI is InChI=1S/C20H24N4O3/c1-13-4-3-5-14(8-13)20(26)24-10-16-15(12-27-18(16)11-24)9-21-19(25)17-6-7-22-23(17)2/h3-8,15-16,18H,9-12H2,1-2H3,(H,21,25)/t15-,16+,18+/m0/s1. The van der Waals surface area contributed by atoms with Gasteiger partial charge in [0.15, 0.2) is 0 Å². The molecule has 7 heteroatoms. The molecule has 0 aliphatic carbocycles. The minimum absolute atomic E-state index is 0.0503. The van der Waals surface area contributed by atoms with Crippen LogP contribution in [0.1, 0.15) is 26.4 Å². The van der Waals surface area contributed by atoms with Crippen molar-refractivity contribution in [2.75, 3.05) is 26.2 Å². The van der Waals surface area contributed by atoms with Gasteiger partial charge in [0.05, 0.1) is 12.7 Å². The number of nitrogens with zero attached hydrogens (tertiary/aromatic N) is 3. The number of hydrogen-bond acceptors (Lipinski definition) is 4. The molecular formula is C20H24N4O3. The maximum Gasteiger partial charge on any atom is 0.269 e. The summed E-state index contributed by atoms with van der Waals surface area (Å²) in [7, 11) is 1.75. The molecule has 0 radical (unpaired) electrons. The van der Waals surface area contributed by atoms with E-state index in [1.165, 1.54) is 0 Å². The normalized spacial score (nSPS) is 24.1. The SMILES string of the molecule is Cc1cccc(C(=O)N2C[C@@H]3[C@@H](CNC(=O)c4ccnn4C)CO[C@@H]3C2)c1. The number of fused-ring (bicyclic) bond motifs is 1. The van der Waals surface area contributed by atoms with E-state index >= 15 is 0 Å². The van der Waals surface area contributed by atoms with Gasteiger partial charge in [0, 0.05) is 50.3 Å². The van der Waals surface area contributed by atoms with Crippen molar-refractivity contribution in [1.82, 2.24) is 20.0 Å². The highest BCUT2D eigenvalue weighted by atomic mass is 16.5. The molecule has 0 unspecified atom stereocenters. The second kappa shape index (κ2) is 7.15. The predicted octanol–water partition coefficient (Wildman–Crippen LogP) is 1.25. The molecule has 0 saturated carbocycles. The molecule has 3 atom stereocenters. The maximum absolute atomic E-state index is 12.8. The van der Waals surface area contributed by atoms with Gasteiger partial charge in [-0.3, -0.25) is 14.3 Å². The van der Waals surface area contributed by atoms with E-state index in [0.29, 0.717) is 31.9 Å². The Morgan fingerprint density at radius 3 is 2.89 bits per heavy atom. The van der Waals surface area contributed by atoms with E-state index in [9.17, 15) is 9.59 Å². The summed E-state index contributed by atoms with van der Waals surface area (Å²) in [5, 5.41) is 7.00. The van der Waals surface area contributed by atoms with Gasteiger partial charge in [-0.15, -0.1) is 0 Å². The summed E-state index contributed by atoms with van der Waals surface area (Å²) in [6.07, 6.45) is 1.66. The molecule has 7 nitrogen and oxygen atoms in total. The predicted molar refractivity (Wildman–Crippen MR) is 99.3 cm³/mol. The van der Waals surface area contributed by atoms with Crippen LogP contribution in [-0.4, -0.2) is 58.8 Å². The minimum Gasteiger partial charge on any atom is -0.376 e. The summed E-state index contributed by atoms with van der Waals surface area (Å²) in [5.74, 6) is 0.381. The summed E-state index contributed by atoms with van der Waals surface area (Å²) in [6, 6.07) is 9.37. The van der Waals surface area contributed by atoms with Crippen LogP contribution in [0.3, 0.4) is 0 Å². The highest BCUT2D eigenvalue weighted by Gasteiger charge is 2.45. The number of likely N-dealkylation sites (tertiary alicyclic amines) is 1. The van der Waals surface area contributed by atoms with Gasteiger partial charge in [0.25, 0.3) is 11.8 Å². The first kappa shape index (κ1) is 17.7. The number of aromatic nitrogens is 2. The topological polar surface area (TPSA) is 76.5 Å². The highest BCUT2D eigenvalue weighted by molar-refractivity contribution is 5.94. The van der Waals surface area contributed by atoms with Crippen molar-refractivity contribution in [3.8, 4) is 0 Å². The van der Waals surface area contributed by atoms with E-state index in [1.54, 1.807) is 24.0 Å². The van der Waals surface area contributed by atoms with Crippen molar-refractivity contribution in [2.24, 2.45) is 18.9 Å². The second-order valence-electron chi connectivity index (χ2n) is 7.43. The fraction of sp³-hybridized carbons (Fsp3) is 0.450. The largest absolute Gasteiger partial charge is 0.376 e. The van der Waals surface area contributed by atoms with Crippen LogP contribution in [0.25, 0.3) is 0 Å². The van der Waals surface area contributed by atoms with Gasteiger partial charge in [-0.1, -0.05) is 17.7 Å². The van der Waals surface area contributed by atoms with Gasteiger partial charge < -0.3 is 15.0 Å². The Hall–Kier alpha value is -2.67. The molecule has 3 heterocycles. The molecule has 0 bridgehead atoms. The zero-order valence-electron chi connectivity index (χ0n) is 15.6. The van der Waals surface area contributed by atoms with Gasteiger partial charge in [-0.2, -0.15) is 5.10 Å². The summed E-state index contributed by atoms with van der Waals surface area (Å²) in [5.41, 5.74) is 2.33. The van der Waals surface area contributed by atoms with Crippen LogP contribution in [0, 0.1) is 18.8 Å². The third-order valence-electron chi connectivity index (χ3n) is 5.57. The lowest BCUT2D eigenvalue weighted by Gasteiger charge is -2.20. The van der Waals surface area contributed by atoms with Gasteiger partial charge in [-0.05, 0) is 25.1 Å². The molecule has 1 aromatic carbocycles. The Morgan fingerprint density at radius 2 is 2.15 bits per heavy atom. The van der Waals surface area contributed by atoms with E-state index in [-0.39, 0.29) is 29.8 Å². The molecule has 2 amide bonds. The lowest BCUT2D eigenvalue weighted by atomic mass is 9.93. The quantitative estimate of drug-likeness (QED) is 0.881. The highest BCUT2D eigenvalue weighted by Crippen LogP contribution is 2.34. The number of benzene rings is 1. The number of nitrogens with one attached hydrogen (secondary N) is 1. The van der Waals surface area contributed by atoms with E-state index in [2.05, 4.69) is 10.4 Å². The van der Waals surface area contributed by atoms with Crippen LogP contribution in [0.4, 0.5) is 0 Å². The number of ether oxygens (including phenoxy) is 1. The average molecular weight is 368 g/mol. The summed E-state index contributed by atoms with van der Waals surface area (Å²) in [4.78, 5) is 26.9. The lowest BCUT2D eigenvalue weighted by Crippen LogP contribution is -2.36. The van der Waals surface area contributed by atoms with Crippen LogP contribution in [-0.2, 0) is 11.8 Å². The van der Waals surface area contributed by atoms with Gasteiger partial charge in [-0.25, -0.2) is 0 Å². The van der Waals surface area contributed by atoms with Crippen molar-refractivity contribution in [3.63, 3.8) is 0 Å². The maximum atomic E-state index is 12.8. The average Bonchev–Trinajstić information content (AvgIpc) is 3.35. The van der Waals surface area contributed by atoms with Gasteiger partial charge >= 0.3 is 0 Å². The summed E-state index contributed by atoms with van der Waals surface area (Å²) < 4.78 is 7.47. The molecule has 2 fully saturated rings. The molecule has 0 spiro atoms. The molecule has 2 aliphatic heterocycles. The molecule has 2 saturated heterocycles. The van der Waals surface area contributed by atoms with Crippen molar-refractivity contribution in [2.45, 2.75) is 13.0 Å². The fourth-order valence-corrected chi connectivity index (χ4v) is 4.05. The Kier molecular flexibility index (Phi) is 4.70. The Morgan fingerprint density at radius 1 is 1.30 bits per heavy atom. The first-order valence-electron chi connectivity index (χ1n) is 9.26. The Bertz CT molecular complexity index is 862. The number of carbonyl (C=O) groups excluding carboxylic acids is 2. The van der Waals surface area contributed by atoms with Crippen molar-refractivity contribution in [1.29, 1.82) is 0 Å². The third-order valence-corrected chi connectivity index (χ3v) is 5.57. The van der Waals surface area contributed by atoms with E-state index in [0.717, 1.165) is 11.1 Å². The van der Waals surface area contributed by atoms with Crippen LogP contribution in [0.15, 0.2) is 36.5 Å². The molecular weight excluding hydrogens is 344 g/mol. The van der Waals surface area contributed by atoms with E-state index in [1.807, 2.05) is 36.1 Å². The van der Waals surface area contributed by atoms with Crippen molar-refractivity contribution >= 4 is 11.8 Å². The number of hydrogen-bond donors (Lipinski definition) is 1. The minimum atomic E-state index is -0.135. The van der Waals surface area contributed by atoms with Crippen LogP contribution >= 0.6 is 0 Å². The van der Waals surface area contributed by atoms with Crippen molar-refractivity contribution in [3.05, 3.63) is 53.3 Å². The van der Waals surface area contributed by atoms with E-state index in [4.69, 9.17) is 4.74 Å². The number of carbonyl (C=O) groups is 2. The lowest BCUT2D eigenvalue weighted by molar-refractivity contribution is 0.0674. The Balaban J connectivity index is 1.36. The molecule has 1 N–H and O–H groups in total. The molecule has 2 aliphatic rings. The number of aryl methyl sites for hydroxylation is 2. The van der Waals surface area contributed by atoms with Crippen LogP contribution < -0.4 is 5.32 Å². The fourth-order valence-electron chi connectivity index (χ4n) is 4.05. The number of rotatable bonds is 4. The van der Waals surface area contributed by atoms with Crippen LogP contribution in [0.2, 0.25) is 0 Å². The van der Waals surface area contributed by atoms with Crippen LogP contribution in [0.5, 0.6) is 0 Å². The summed E-state index contributed by atoms with van der Waals surface area (Å²) >= 11 is 0. The molecule has 142 valence electrons. The van der Waals surface area contributed by atoms with Gasteiger partial charge in [0.1, 0.15) is 5.69 Å². The summed E-state index contributed by atoms with van der Waals surface area (Å²) in [6.45, 7) is 4.43. The first-order valence-corrected chi connectivity index (χ1v) is 9.26. The molecule has 2 aromatic rings. The van der Waals surface area contributed by atoms with E-state index < -0.39 is 0 Å². The Labute approximate surface area is 158 Å².